The molecule has 0 bridgehead atoms. The summed E-state index contributed by atoms with van der Waals surface area (Å²) in [6.45, 7) is 1.19. The van der Waals surface area contributed by atoms with Crippen LogP contribution < -0.4 is 10.6 Å². The highest BCUT2D eigenvalue weighted by Gasteiger charge is 2.30. The van der Waals surface area contributed by atoms with Gasteiger partial charge < -0.3 is 15.4 Å². The van der Waals surface area contributed by atoms with Gasteiger partial charge in [-0.05, 0) is 37.5 Å². The van der Waals surface area contributed by atoms with Crippen molar-refractivity contribution >= 4 is 17.5 Å². The van der Waals surface area contributed by atoms with Gasteiger partial charge in [-0.2, -0.15) is 13.2 Å². The van der Waals surface area contributed by atoms with Gasteiger partial charge in [0.25, 0.3) is 0 Å². The minimum atomic E-state index is -4.46. The van der Waals surface area contributed by atoms with Crippen LogP contribution in [0.4, 0.5) is 18.9 Å². The molecule has 2 N–H and O–H groups in total. The molecule has 1 aliphatic heterocycles. The molecule has 0 radical (unpaired) electrons. The summed E-state index contributed by atoms with van der Waals surface area (Å²) in [4.78, 5) is 23.4. The lowest BCUT2D eigenvalue weighted by molar-refractivity contribution is -0.137. The second-order valence-electron chi connectivity index (χ2n) is 5.92. The van der Waals surface area contributed by atoms with Crippen LogP contribution in [-0.2, 0) is 20.5 Å². The second kappa shape index (κ2) is 8.84. The number of halogens is 3. The Kier molecular flexibility index (Phi) is 6.81. The molecule has 8 heteroatoms. The third-order valence-corrected chi connectivity index (χ3v) is 3.83. The molecule has 5 nitrogen and oxygen atoms in total. The van der Waals surface area contributed by atoms with Gasteiger partial charge in [0.15, 0.2) is 0 Å². The van der Waals surface area contributed by atoms with Crippen molar-refractivity contribution in [3.63, 3.8) is 0 Å². The van der Waals surface area contributed by atoms with E-state index in [4.69, 9.17) is 4.74 Å². The highest BCUT2D eigenvalue weighted by molar-refractivity contribution is 5.91. The van der Waals surface area contributed by atoms with Crippen molar-refractivity contribution in [2.24, 2.45) is 0 Å². The van der Waals surface area contributed by atoms with Gasteiger partial charge in [0, 0.05) is 31.7 Å². The first-order valence-corrected chi connectivity index (χ1v) is 8.20. The molecule has 0 unspecified atom stereocenters. The fraction of sp³-hybridized carbons (Fsp3) is 0.529. The number of hydrogen-bond acceptors (Lipinski definition) is 3. The number of nitrogens with one attached hydrogen (secondary N) is 2. The van der Waals surface area contributed by atoms with E-state index in [9.17, 15) is 22.8 Å². The van der Waals surface area contributed by atoms with Gasteiger partial charge in [-0.25, -0.2) is 0 Å². The number of carbonyl (C=O) groups excluding carboxylic acids is 2. The third-order valence-electron chi connectivity index (χ3n) is 3.83. The Morgan fingerprint density at radius 3 is 2.64 bits per heavy atom. The van der Waals surface area contributed by atoms with Gasteiger partial charge in [0.05, 0.1) is 11.7 Å². The van der Waals surface area contributed by atoms with E-state index < -0.39 is 17.6 Å². The lowest BCUT2D eigenvalue weighted by atomic mass is 10.1. The molecule has 2 rings (SSSR count). The molecule has 1 atom stereocenters. The largest absolute Gasteiger partial charge is 0.416 e. The summed E-state index contributed by atoms with van der Waals surface area (Å²) in [6.07, 6.45) is -1.90. The van der Waals surface area contributed by atoms with Crippen molar-refractivity contribution in [2.45, 2.75) is 44.4 Å². The van der Waals surface area contributed by atoms with Crippen LogP contribution in [0.1, 0.15) is 37.7 Å². The highest BCUT2D eigenvalue weighted by atomic mass is 19.4. The highest BCUT2D eigenvalue weighted by Crippen LogP contribution is 2.30. The van der Waals surface area contributed by atoms with Crippen molar-refractivity contribution in [2.75, 3.05) is 18.5 Å². The summed E-state index contributed by atoms with van der Waals surface area (Å²) < 4.78 is 43.2. The first-order chi connectivity index (χ1) is 11.8. The summed E-state index contributed by atoms with van der Waals surface area (Å²) in [5.41, 5.74) is -0.735. The first kappa shape index (κ1) is 19.2. The Hall–Kier alpha value is -2.09. The molecule has 0 aliphatic carbocycles. The Bertz CT molecular complexity index is 599. The van der Waals surface area contributed by atoms with E-state index in [1.54, 1.807) is 0 Å². The molecule has 0 saturated carbocycles. The topological polar surface area (TPSA) is 67.4 Å². The molecule has 2 amide bonds. The average molecular weight is 358 g/mol. The predicted molar refractivity (Wildman–Crippen MR) is 85.9 cm³/mol. The van der Waals surface area contributed by atoms with Crippen molar-refractivity contribution < 1.29 is 27.5 Å². The van der Waals surface area contributed by atoms with E-state index >= 15 is 0 Å². The SMILES string of the molecule is O=C(CCCC(=O)Nc1cccc(C(F)(F)F)c1)NC[C@@H]1CCCO1. The van der Waals surface area contributed by atoms with E-state index in [1.165, 1.54) is 12.1 Å². The first-order valence-electron chi connectivity index (χ1n) is 8.20. The smallest absolute Gasteiger partial charge is 0.376 e. The fourth-order valence-corrected chi connectivity index (χ4v) is 2.53. The second-order valence-corrected chi connectivity index (χ2v) is 5.92. The van der Waals surface area contributed by atoms with Gasteiger partial charge in [-0.3, -0.25) is 9.59 Å². The Morgan fingerprint density at radius 1 is 1.20 bits per heavy atom. The maximum absolute atomic E-state index is 12.6. The Morgan fingerprint density at radius 2 is 1.96 bits per heavy atom. The number of anilines is 1. The monoisotopic (exact) mass is 358 g/mol. The van der Waals surface area contributed by atoms with Gasteiger partial charge >= 0.3 is 6.18 Å². The van der Waals surface area contributed by atoms with E-state index in [1.807, 2.05) is 0 Å². The number of benzene rings is 1. The van der Waals surface area contributed by atoms with Crippen LogP contribution in [0, 0.1) is 0 Å². The zero-order chi connectivity index (χ0) is 18.3. The summed E-state index contributed by atoms with van der Waals surface area (Å²) in [6, 6.07) is 4.44. The number of carbonyl (C=O) groups is 2. The molecule has 0 spiro atoms. The van der Waals surface area contributed by atoms with Crippen LogP contribution in [0.5, 0.6) is 0 Å². The molecule has 1 aromatic carbocycles. The molecule has 1 aromatic rings. The normalized spacial score (nSPS) is 17.3. The molecule has 25 heavy (non-hydrogen) atoms. The lowest BCUT2D eigenvalue weighted by Crippen LogP contribution is -2.31. The lowest BCUT2D eigenvalue weighted by Gasteiger charge is -2.11. The van der Waals surface area contributed by atoms with Gasteiger partial charge in [-0.15, -0.1) is 0 Å². The Labute approximate surface area is 143 Å². The molecule has 0 aromatic heterocycles. The van der Waals surface area contributed by atoms with Crippen LogP contribution in [0.3, 0.4) is 0 Å². The van der Waals surface area contributed by atoms with Crippen molar-refractivity contribution in [3.8, 4) is 0 Å². The number of alkyl halides is 3. The average Bonchev–Trinajstić information content (AvgIpc) is 3.06. The van der Waals surface area contributed by atoms with Crippen LogP contribution in [-0.4, -0.2) is 31.1 Å². The molecule has 1 saturated heterocycles. The molecule has 1 heterocycles. The number of rotatable bonds is 7. The van der Waals surface area contributed by atoms with Crippen LogP contribution in [0.15, 0.2) is 24.3 Å². The maximum Gasteiger partial charge on any atom is 0.416 e. The minimum absolute atomic E-state index is 0.0591. The number of ether oxygens (including phenoxy) is 1. The Balaban J connectivity index is 1.67. The van der Waals surface area contributed by atoms with Gasteiger partial charge in [0.1, 0.15) is 0 Å². The third kappa shape index (κ3) is 6.74. The van der Waals surface area contributed by atoms with Gasteiger partial charge in [0.2, 0.25) is 11.8 Å². The minimum Gasteiger partial charge on any atom is -0.376 e. The van der Waals surface area contributed by atoms with Crippen LogP contribution in [0.25, 0.3) is 0 Å². The molecular weight excluding hydrogens is 337 g/mol. The van der Waals surface area contributed by atoms with E-state index in [0.717, 1.165) is 31.6 Å². The van der Waals surface area contributed by atoms with Crippen molar-refractivity contribution in [3.05, 3.63) is 29.8 Å². The standard InChI is InChI=1S/C17H21F3N2O3/c18-17(19,20)12-4-1-5-13(10-12)22-16(24)8-2-7-15(23)21-11-14-6-3-9-25-14/h1,4-5,10,14H,2-3,6-9,11H2,(H,21,23)(H,22,24)/t14-/m0/s1. The molecular formula is C17H21F3N2O3. The van der Waals surface area contributed by atoms with E-state index in [-0.39, 0.29) is 30.5 Å². The number of amides is 2. The van der Waals surface area contributed by atoms with Crippen molar-refractivity contribution in [1.82, 2.24) is 5.32 Å². The zero-order valence-electron chi connectivity index (χ0n) is 13.7. The van der Waals surface area contributed by atoms with Crippen LogP contribution >= 0.6 is 0 Å². The summed E-state index contributed by atoms with van der Waals surface area (Å²) in [5.74, 6) is -0.589. The molecule has 138 valence electrons. The van der Waals surface area contributed by atoms with Crippen molar-refractivity contribution in [1.29, 1.82) is 0 Å². The van der Waals surface area contributed by atoms with E-state index in [0.29, 0.717) is 13.0 Å². The summed E-state index contributed by atoms with van der Waals surface area (Å²) in [5, 5.41) is 5.17. The molecule has 1 fully saturated rings. The fourth-order valence-electron chi connectivity index (χ4n) is 2.53. The van der Waals surface area contributed by atoms with E-state index in [2.05, 4.69) is 10.6 Å². The van der Waals surface area contributed by atoms with Crippen LogP contribution in [0.2, 0.25) is 0 Å². The summed E-state index contributed by atoms with van der Waals surface area (Å²) >= 11 is 0. The number of hydrogen-bond donors (Lipinski definition) is 2. The quantitative estimate of drug-likeness (QED) is 0.787. The van der Waals surface area contributed by atoms with Gasteiger partial charge in [-0.1, -0.05) is 6.07 Å². The zero-order valence-corrected chi connectivity index (χ0v) is 13.7. The predicted octanol–water partition coefficient (Wildman–Crippen LogP) is 3.11. The maximum atomic E-state index is 12.6. The summed E-state index contributed by atoms with van der Waals surface area (Å²) in [7, 11) is 0. The molecule has 1 aliphatic rings.